The number of carbonyl (C=O) groups excluding carboxylic acids is 8. The van der Waals surface area contributed by atoms with Gasteiger partial charge in [0.25, 0.3) is 0 Å². The van der Waals surface area contributed by atoms with Gasteiger partial charge in [-0.25, -0.2) is 57.9 Å². The molecule has 3 aliphatic heterocycles. The number of Topliss-reactive ketones (excluding diaryl/α,β-unsaturated/α-hetero) is 1. The average Bonchev–Trinajstić information content (AvgIpc) is 1.61. The Kier molecular flexibility index (Phi) is 25.1. The molecule has 12 atom stereocenters. The molecule has 0 aliphatic carbocycles. The standard InChI is InChI=1S/C56H75FN20O19P2S2/c1-28(2)39(72-37(80)18-75-17-32(73-74-75)12-13-36(79)61-16-14-29(3)78)50(82)71-33(7-6-15-62-53(60)83)49(81)70-31-10-8-30(9-11-31)19-88-54(84)63-22-56(4,5)23-89-55(85)94-44-43-35(93-52(44)77-27-69-41-46(59)65-25-67-48(41)77)21-91-97(86,99)95-42-34(20-90-98(87,100)96-43)92-51(38(42)57)76-26-68-40-45(58)64-24-66-47(40)76/h8-11,17,24-28,33-35,38-39,42-44,51-52H,6-7,12-16,18-23H2,1-5H3,(H,61,79)(H,63,84)(H,70,81)(H,71,82)(H,72,80)(H,86,99)(H,87,100)(H2,58,64,66)(H2,59,65,67)(H3,60,62,83)/t33-,34?,35+,38+,39-,42+,43+,44+,51+,52+,97?,98?/m0/s1. The molecule has 44 heteroatoms. The number of thiol groups is 1. The second kappa shape index (κ2) is 33.2. The van der Waals surface area contributed by atoms with E-state index in [0.717, 1.165) is 12.7 Å². The monoisotopic (exact) mass is 1480 g/mol. The number of alkyl carbamates (subject to hydrolysis) is 1. The maximum absolute atomic E-state index is 16.5. The van der Waals surface area contributed by atoms with E-state index < -0.39 is 142 Å². The number of amides is 7. The van der Waals surface area contributed by atoms with Crippen molar-refractivity contribution >= 4 is 125 Å². The Balaban J connectivity index is 0.773. The first kappa shape index (κ1) is 75.5. The lowest BCUT2D eigenvalue weighted by Crippen LogP contribution is -2.55. The number of fused-ring (bicyclic) bond motifs is 4. The van der Waals surface area contributed by atoms with E-state index in [4.69, 9.17) is 70.8 Å². The number of aromatic nitrogens is 11. The molecule has 1 aromatic carbocycles. The van der Waals surface area contributed by atoms with Gasteiger partial charge < -0.3 is 82.2 Å². The Labute approximate surface area is 578 Å². The number of nitrogens with two attached hydrogens (primary N) is 3. The van der Waals surface area contributed by atoms with Crippen LogP contribution in [0.1, 0.15) is 84.0 Å². The van der Waals surface area contributed by atoms with E-state index in [1.807, 2.05) is 0 Å². The molecule has 3 saturated heterocycles. The second-order valence-corrected chi connectivity index (χ2v) is 30.0. The Morgan fingerprint density at radius 3 is 2.13 bits per heavy atom. The number of nitrogens with one attached hydrogen (secondary N) is 6. The minimum atomic E-state index is -4.60. The minimum Gasteiger partial charge on any atom is -0.445 e. The van der Waals surface area contributed by atoms with Gasteiger partial charge in [-0.3, -0.25) is 46.7 Å². The van der Waals surface area contributed by atoms with E-state index in [1.165, 1.54) is 51.7 Å². The van der Waals surface area contributed by atoms with Crippen molar-refractivity contribution in [3.05, 3.63) is 67.0 Å². The molecule has 13 N–H and O–H groups in total. The van der Waals surface area contributed by atoms with E-state index >= 15 is 4.39 Å². The number of anilines is 3. The normalized spacial score (nSPS) is 23.7. The van der Waals surface area contributed by atoms with E-state index in [9.17, 15) is 47.8 Å². The number of nitrogen functional groups attached to an aromatic ring is 2. The van der Waals surface area contributed by atoms with Crippen LogP contribution < -0.4 is 49.1 Å². The first-order chi connectivity index (χ1) is 47.4. The number of carbonyl (C=O) groups is 8. The molecule has 542 valence electrons. The van der Waals surface area contributed by atoms with Gasteiger partial charge in [-0.05, 0) is 55.2 Å². The summed E-state index contributed by atoms with van der Waals surface area (Å²) in [4.78, 5) is 139. The highest BCUT2D eigenvalue weighted by Gasteiger charge is 2.55. The summed E-state index contributed by atoms with van der Waals surface area (Å²) in [6.07, 6.45) is -8.30. The molecule has 3 fully saturated rings. The van der Waals surface area contributed by atoms with Crippen LogP contribution in [0.2, 0.25) is 0 Å². The summed E-state index contributed by atoms with van der Waals surface area (Å²) in [6, 6.07) is 3.13. The molecule has 100 heavy (non-hydrogen) atoms. The molecule has 0 radical (unpaired) electrons. The number of alkyl halides is 1. The fourth-order valence-electron chi connectivity index (χ4n) is 10.4. The van der Waals surface area contributed by atoms with Crippen molar-refractivity contribution in [2.75, 3.05) is 56.2 Å². The maximum Gasteiger partial charge on any atom is 0.508 e. The molecule has 0 spiro atoms. The zero-order valence-corrected chi connectivity index (χ0v) is 57.8. The van der Waals surface area contributed by atoms with Crippen molar-refractivity contribution in [2.45, 2.75) is 141 Å². The van der Waals surface area contributed by atoms with Crippen molar-refractivity contribution in [3.63, 3.8) is 0 Å². The molecular weight excluding hydrogens is 1400 g/mol. The number of ether oxygens (including phenoxy) is 5. The summed E-state index contributed by atoms with van der Waals surface area (Å²) in [5, 5.41) is 23.8. The number of halogens is 1. The summed E-state index contributed by atoms with van der Waals surface area (Å²) >= 11 is 9.60. The molecule has 8 heterocycles. The molecule has 3 aliphatic rings. The topological polar surface area (TPSA) is 525 Å². The summed E-state index contributed by atoms with van der Waals surface area (Å²) in [7, 11) is 0. The third kappa shape index (κ3) is 20.3. The van der Waals surface area contributed by atoms with Gasteiger partial charge in [-0.2, -0.15) is 0 Å². The molecule has 3 unspecified atom stereocenters. The highest BCUT2D eigenvalue weighted by molar-refractivity contribution is 8.44. The third-order valence-electron chi connectivity index (χ3n) is 15.5. The summed E-state index contributed by atoms with van der Waals surface area (Å²) in [5.74, 6) is -2.73. The molecule has 5 aromatic heterocycles. The smallest absolute Gasteiger partial charge is 0.445 e. The van der Waals surface area contributed by atoms with Crippen LogP contribution in [-0.2, 0) is 102 Å². The number of benzene rings is 1. The fraction of sp³-hybridized carbons (Fsp3) is 0.536. The fourth-order valence-corrected chi connectivity index (χ4v) is 13.3. The number of hydrogen-bond acceptors (Lipinski definition) is 29. The average molecular weight is 1480 g/mol. The van der Waals surface area contributed by atoms with Crippen molar-refractivity contribution in [1.29, 1.82) is 0 Å². The Bertz CT molecular complexity index is 4060. The van der Waals surface area contributed by atoms with Crippen LogP contribution in [0.3, 0.4) is 0 Å². The zero-order valence-electron chi connectivity index (χ0n) is 54.3. The highest BCUT2D eigenvalue weighted by Crippen LogP contribution is 2.59. The van der Waals surface area contributed by atoms with Crippen LogP contribution in [-0.4, -0.2) is 195 Å². The number of primary amides is 1. The molecule has 9 rings (SSSR count). The lowest BCUT2D eigenvalue weighted by molar-refractivity contribution is -0.132. The number of urea groups is 1. The predicted molar refractivity (Wildman–Crippen MR) is 352 cm³/mol. The SMILES string of the molecule is CC(=O)CCNC(=O)CCc1cn(CC(=O)N[C@H](C(=O)N[C@@H](CCCNC(N)=O)C(=O)Nc2ccc(COC(=O)NCC(C)(C)COC(=O)O[C@@H]3[C@@H]4OP(O)(=S)OCC5O[C@@H](n6cnc7c(N)ncnc76)[C@H](F)[C@@H]5OP(=O)(S)OC[C@H]4O[C@H]3n3cnc4c(N)ncnc43)cc2)C(C)C)nn1. The highest BCUT2D eigenvalue weighted by atomic mass is 32.7. The van der Waals surface area contributed by atoms with E-state index in [2.05, 4.69) is 84.4 Å². The number of ketones is 1. The maximum atomic E-state index is 16.5. The minimum absolute atomic E-state index is 0.000832. The van der Waals surface area contributed by atoms with Gasteiger partial charge in [0.1, 0.15) is 85.7 Å². The van der Waals surface area contributed by atoms with Crippen LogP contribution >= 0.6 is 25.8 Å². The van der Waals surface area contributed by atoms with Crippen molar-refractivity contribution in [2.24, 2.45) is 17.1 Å². The van der Waals surface area contributed by atoms with Gasteiger partial charge in [0.2, 0.25) is 23.6 Å². The first-order valence-corrected chi connectivity index (χ1v) is 36.2. The number of aryl methyl sites for hydroxylation is 1. The second-order valence-electron chi connectivity index (χ2n) is 24.3. The van der Waals surface area contributed by atoms with Crippen LogP contribution in [0.4, 0.5) is 36.1 Å². The quantitative estimate of drug-likeness (QED) is 0.0152. The van der Waals surface area contributed by atoms with Gasteiger partial charge in [-0.1, -0.05) is 57.3 Å². The first-order valence-electron chi connectivity index (χ1n) is 31.0. The van der Waals surface area contributed by atoms with Crippen LogP contribution in [0, 0.1) is 11.3 Å². The van der Waals surface area contributed by atoms with Crippen molar-refractivity contribution in [3.8, 4) is 0 Å². The molecule has 39 nitrogen and oxygen atoms in total. The third-order valence-corrected chi connectivity index (χ3v) is 18.6. The largest absolute Gasteiger partial charge is 0.508 e. The molecule has 0 saturated carbocycles. The van der Waals surface area contributed by atoms with Gasteiger partial charge >= 0.3 is 31.8 Å². The summed E-state index contributed by atoms with van der Waals surface area (Å²) in [6.45, 7) is -3.27. The lowest BCUT2D eigenvalue weighted by Gasteiger charge is -2.30. The predicted octanol–water partition coefficient (Wildman–Crippen LogP) is 1.84. The zero-order chi connectivity index (χ0) is 72.2. The van der Waals surface area contributed by atoms with Gasteiger partial charge in [0.05, 0.1) is 31.6 Å². The van der Waals surface area contributed by atoms with Gasteiger partial charge in [0, 0.05) is 56.2 Å². The van der Waals surface area contributed by atoms with Crippen LogP contribution in [0.15, 0.2) is 55.8 Å². The Morgan fingerprint density at radius 1 is 0.820 bits per heavy atom. The van der Waals surface area contributed by atoms with E-state index in [1.54, 1.807) is 39.8 Å². The van der Waals surface area contributed by atoms with E-state index in [0.29, 0.717) is 16.9 Å². The Morgan fingerprint density at radius 2 is 1.47 bits per heavy atom. The number of imidazole rings is 2. The van der Waals surface area contributed by atoms with Crippen molar-refractivity contribution in [1.82, 2.24) is 80.6 Å². The van der Waals surface area contributed by atoms with E-state index in [-0.39, 0.29) is 111 Å². The van der Waals surface area contributed by atoms with Gasteiger partial charge in [-0.15, -0.1) is 5.10 Å². The van der Waals surface area contributed by atoms with Gasteiger partial charge in [0.15, 0.2) is 47.7 Å². The number of nitrogens with zero attached hydrogens (tertiary/aromatic N) is 11. The summed E-state index contributed by atoms with van der Waals surface area (Å²) in [5.41, 5.74) is 17.9. The molecule has 0 bridgehead atoms. The number of rotatable bonds is 27. The van der Waals surface area contributed by atoms with Crippen LogP contribution in [0.25, 0.3) is 22.3 Å². The van der Waals surface area contributed by atoms with Crippen molar-refractivity contribution < 1.29 is 94.0 Å². The molecule has 7 amide bonds. The molecular formula is C56H75FN20O19P2S2. The van der Waals surface area contributed by atoms with Crippen LogP contribution in [0.5, 0.6) is 0 Å². The Hall–Kier alpha value is -8.70. The summed E-state index contributed by atoms with van der Waals surface area (Å²) < 4.78 is 86.8. The molecule has 6 aromatic rings. The lowest BCUT2D eigenvalue weighted by atomic mass is 9.95. The number of hydrogen-bond donors (Lipinski definition) is 11.